The summed E-state index contributed by atoms with van der Waals surface area (Å²) in [6, 6.07) is -0.632. The fourth-order valence-electron chi connectivity index (χ4n) is 11.1. The number of allylic oxidation sites excluding steroid dienone is 19. The molecule has 0 aromatic carbocycles. The van der Waals surface area contributed by atoms with Gasteiger partial charge in [0.05, 0.1) is 18.8 Å². The van der Waals surface area contributed by atoms with Crippen LogP contribution in [0.1, 0.15) is 367 Å². The summed E-state index contributed by atoms with van der Waals surface area (Å²) >= 11 is 0. The van der Waals surface area contributed by atoms with Crippen LogP contribution in [0.2, 0.25) is 0 Å². The smallest absolute Gasteiger partial charge is 0.220 e. The third kappa shape index (κ3) is 71.4. The Morgan fingerprint density at radius 3 is 0.776 bits per heavy atom. The maximum atomic E-state index is 12.6. The minimum absolute atomic E-state index is 0.0646. The highest BCUT2D eigenvalue weighted by molar-refractivity contribution is 5.76. The predicted molar refractivity (Wildman–Crippen MR) is 382 cm³/mol. The molecule has 0 aliphatic heterocycles. The van der Waals surface area contributed by atoms with E-state index in [1.165, 1.54) is 263 Å². The molecule has 0 saturated heterocycles. The molecule has 85 heavy (non-hydrogen) atoms. The van der Waals surface area contributed by atoms with E-state index in [0.29, 0.717) is 6.42 Å². The summed E-state index contributed by atoms with van der Waals surface area (Å²) in [5.74, 6) is -0.0646. The number of hydrogen-bond donors (Lipinski definition) is 3. The molecule has 0 spiro atoms. The lowest BCUT2D eigenvalue weighted by atomic mass is 10.0. The van der Waals surface area contributed by atoms with Crippen molar-refractivity contribution >= 4 is 5.91 Å². The Bertz CT molecular complexity index is 1620. The van der Waals surface area contributed by atoms with Gasteiger partial charge < -0.3 is 15.5 Å². The van der Waals surface area contributed by atoms with E-state index >= 15 is 0 Å². The fourth-order valence-corrected chi connectivity index (χ4v) is 11.1. The lowest BCUT2D eigenvalue weighted by Gasteiger charge is -2.20. The largest absolute Gasteiger partial charge is 0.394 e. The van der Waals surface area contributed by atoms with Crippen molar-refractivity contribution in [1.82, 2.24) is 5.32 Å². The fraction of sp³-hybridized carbons (Fsp3) is 0.741. The Labute approximate surface area is 530 Å². The Kier molecular flexibility index (Phi) is 72.2. The first-order valence-corrected chi connectivity index (χ1v) is 37.2. The molecule has 0 aliphatic carbocycles. The van der Waals surface area contributed by atoms with Crippen molar-refractivity contribution in [3.05, 3.63) is 122 Å². The van der Waals surface area contributed by atoms with Crippen LogP contribution in [-0.2, 0) is 4.79 Å². The lowest BCUT2D eigenvalue weighted by molar-refractivity contribution is -0.123. The second kappa shape index (κ2) is 75.0. The predicted octanol–water partition coefficient (Wildman–Crippen LogP) is 25.9. The van der Waals surface area contributed by atoms with E-state index in [4.69, 9.17) is 0 Å². The molecule has 0 aromatic heterocycles. The molecule has 1 amide bonds. The van der Waals surface area contributed by atoms with Crippen LogP contribution in [0, 0.1) is 0 Å². The number of aliphatic hydroxyl groups excluding tert-OH is 2. The molecule has 490 valence electrons. The van der Waals surface area contributed by atoms with Gasteiger partial charge in [0, 0.05) is 6.42 Å². The molecule has 3 N–H and O–H groups in total. The Hall–Kier alpha value is -3.21. The molecule has 0 bridgehead atoms. The Morgan fingerprint density at radius 1 is 0.294 bits per heavy atom. The van der Waals surface area contributed by atoms with Crippen LogP contribution >= 0.6 is 0 Å². The van der Waals surface area contributed by atoms with Gasteiger partial charge in [-0.25, -0.2) is 0 Å². The van der Waals surface area contributed by atoms with Gasteiger partial charge in [0.25, 0.3) is 0 Å². The molecule has 2 atom stereocenters. The van der Waals surface area contributed by atoms with Crippen LogP contribution in [0.4, 0.5) is 0 Å². The first kappa shape index (κ1) is 81.8. The summed E-state index contributed by atoms with van der Waals surface area (Å²) in [7, 11) is 0. The van der Waals surface area contributed by atoms with Crippen molar-refractivity contribution in [1.29, 1.82) is 0 Å². The number of hydrogen-bond acceptors (Lipinski definition) is 3. The number of amides is 1. The van der Waals surface area contributed by atoms with Crippen molar-refractivity contribution in [2.45, 2.75) is 379 Å². The van der Waals surface area contributed by atoms with Crippen LogP contribution in [0.5, 0.6) is 0 Å². The summed E-state index contributed by atoms with van der Waals surface area (Å²) in [6.07, 6.45) is 114. The molecule has 0 saturated carbocycles. The van der Waals surface area contributed by atoms with Crippen LogP contribution in [-0.4, -0.2) is 34.9 Å². The molecular weight excluding hydrogens is 1030 g/mol. The van der Waals surface area contributed by atoms with Gasteiger partial charge >= 0.3 is 0 Å². The van der Waals surface area contributed by atoms with E-state index in [0.717, 1.165) is 83.5 Å². The van der Waals surface area contributed by atoms with E-state index in [2.05, 4.69) is 129 Å². The first-order valence-electron chi connectivity index (χ1n) is 37.2. The Balaban J connectivity index is 3.51. The van der Waals surface area contributed by atoms with Gasteiger partial charge in [-0.2, -0.15) is 0 Å². The van der Waals surface area contributed by atoms with E-state index in [1.54, 1.807) is 6.08 Å². The molecule has 0 aromatic rings. The highest BCUT2D eigenvalue weighted by Crippen LogP contribution is 2.18. The lowest BCUT2D eigenvalue weighted by Crippen LogP contribution is -2.45. The summed E-state index contributed by atoms with van der Waals surface area (Å²) in [6.45, 7) is 4.22. The second-order valence-corrected chi connectivity index (χ2v) is 25.0. The van der Waals surface area contributed by atoms with E-state index < -0.39 is 12.1 Å². The number of nitrogens with one attached hydrogen (secondary N) is 1. The zero-order chi connectivity index (χ0) is 61.2. The van der Waals surface area contributed by atoms with Gasteiger partial charge in [-0.15, -0.1) is 0 Å². The van der Waals surface area contributed by atoms with E-state index in [-0.39, 0.29) is 12.5 Å². The first-order chi connectivity index (χ1) is 42.2. The third-order valence-corrected chi connectivity index (χ3v) is 16.7. The minimum atomic E-state index is -0.848. The molecule has 4 nitrogen and oxygen atoms in total. The number of aliphatic hydroxyl groups is 2. The van der Waals surface area contributed by atoms with Crippen molar-refractivity contribution in [3.8, 4) is 0 Å². The van der Waals surface area contributed by atoms with E-state index in [1.807, 2.05) is 6.08 Å². The quantitative estimate of drug-likeness (QED) is 0.0420. The van der Waals surface area contributed by atoms with Gasteiger partial charge in [-0.1, -0.05) is 392 Å². The molecule has 0 fully saturated rings. The number of carbonyl (C=O) groups excluding carboxylic acids is 1. The van der Waals surface area contributed by atoms with Gasteiger partial charge in [0.15, 0.2) is 0 Å². The van der Waals surface area contributed by atoms with Gasteiger partial charge in [-0.05, 0) is 89.9 Å². The molecule has 4 heteroatoms. The Morgan fingerprint density at radius 2 is 0.518 bits per heavy atom. The molecule has 0 rings (SSSR count). The number of rotatable bonds is 68. The SMILES string of the molecule is CC/C=C\C/C=C\C/C=C\C/C=C\C/C=C\C/C=C\C/C=C\C/C=C\C/C=C\CCCCCCCCCCCCCCCC(=O)NC(CO)C(O)/C=C/CCCCCCCCCCCCCCCCCCCCCCCCCCCCCCCC. The standard InChI is InChI=1S/C81H143NO3/c1-3-5-7-9-11-13-15-17-19-21-23-25-27-29-31-33-35-37-38-39-40-41-42-43-44-45-47-49-51-53-55-57-59-61-63-65-67-69-71-73-75-77-81(85)82-79(78-83)80(84)76-74-72-70-68-66-64-62-60-58-56-54-52-50-48-46-36-34-32-30-28-26-24-22-20-18-16-14-12-10-8-6-4-2/h5,7,11,13,17,19,23,25,29,31,35,37,39-40,42-43,45,47,74,76,79-80,83-84H,3-4,6,8-10,12,14-16,18,20-22,24,26-28,30,32-34,36,38,41,44,46,48-73,75,77-78H2,1-2H3,(H,82,85)/b7-5-,13-11-,19-17-,25-23-,31-29-,37-35-,40-39-,43-42-,47-45-,76-74+. The summed E-state index contributed by atoms with van der Waals surface area (Å²) in [5, 5.41) is 23.3. The average Bonchev–Trinajstić information content (AvgIpc) is 3.51. The molecule has 0 radical (unpaired) electrons. The van der Waals surface area contributed by atoms with Gasteiger partial charge in [0.1, 0.15) is 0 Å². The molecular formula is C81H143NO3. The van der Waals surface area contributed by atoms with Crippen LogP contribution in [0.3, 0.4) is 0 Å². The highest BCUT2D eigenvalue weighted by atomic mass is 16.3. The third-order valence-electron chi connectivity index (χ3n) is 16.7. The molecule has 2 unspecified atom stereocenters. The van der Waals surface area contributed by atoms with Crippen LogP contribution < -0.4 is 5.32 Å². The number of unbranched alkanes of at least 4 members (excludes halogenated alkanes) is 43. The highest BCUT2D eigenvalue weighted by Gasteiger charge is 2.18. The maximum absolute atomic E-state index is 12.6. The molecule has 0 aliphatic rings. The topological polar surface area (TPSA) is 69.6 Å². The second-order valence-electron chi connectivity index (χ2n) is 25.0. The molecule has 0 heterocycles. The zero-order valence-electron chi connectivity index (χ0n) is 56.6. The van der Waals surface area contributed by atoms with E-state index in [9.17, 15) is 15.0 Å². The maximum Gasteiger partial charge on any atom is 0.220 e. The average molecular weight is 1180 g/mol. The van der Waals surface area contributed by atoms with Crippen molar-refractivity contribution in [3.63, 3.8) is 0 Å². The monoisotopic (exact) mass is 1180 g/mol. The van der Waals surface area contributed by atoms with Crippen molar-refractivity contribution < 1.29 is 15.0 Å². The number of carbonyl (C=O) groups is 1. The van der Waals surface area contributed by atoms with Crippen LogP contribution in [0.25, 0.3) is 0 Å². The van der Waals surface area contributed by atoms with Crippen molar-refractivity contribution in [2.24, 2.45) is 0 Å². The normalized spacial score (nSPS) is 13.4. The summed E-state index contributed by atoms with van der Waals surface area (Å²) in [5.41, 5.74) is 0. The van der Waals surface area contributed by atoms with Crippen LogP contribution in [0.15, 0.2) is 122 Å². The summed E-state index contributed by atoms with van der Waals surface area (Å²) in [4.78, 5) is 12.6. The zero-order valence-corrected chi connectivity index (χ0v) is 56.6. The van der Waals surface area contributed by atoms with Gasteiger partial charge in [-0.3, -0.25) is 4.79 Å². The van der Waals surface area contributed by atoms with Gasteiger partial charge in [0.2, 0.25) is 5.91 Å². The summed E-state index contributed by atoms with van der Waals surface area (Å²) < 4.78 is 0. The van der Waals surface area contributed by atoms with Crippen molar-refractivity contribution in [2.75, 3.05) is 6.61 Å². The minimum Gasteiger partial charge on any atom is -0.394 e.